The van der Waals surface area contributed by atoms with Gasteiger partial charge in [-0.25, -0.2) is 0 Å². The lowest BCUT2D eigenvalue weighted by atomic mass is 10.1. The summed E-state index contributed by atoms with van der Waals surface area (Å²) in [6, 6.07) is 13.2. The Balaban J connectivity index is 2.08. The van der Waals surface area contributed by atoms with Crippen LogP contribution in [0.1, 0.15) is 18.1 Å². The van der Waals surface area contributed by atoms with Crippen LogP contribution in [0.15, 0.2) is 46.9 Å². The minimum Gasteiger partial charge on any atom is -0.373 e. The van der Waals surface area contributed by atoms with Crippen LogP contribution in [-0.4, -0.2) is 11.9 Å². The van der Waals surface area contributed by atoms with E-state index < -0.39 is 0 Å². The molecule has 2 aromatic carbocycles. The van der Waals surface area contributed by atoms with Crippen molar-refractivity contribution in [3.8, 4) is 0 Å². The van der Waals surface area contributed by atoms with E-state index in [4.69, 9.17) is 0 Å². The third-order valence-corrected chi connectivity index (χ3v) is 3.75. The van der Waals surface area contributed by atoms with Gasteiger partial charge in [0.1, 0.15) is 6.04 Å². The Labute approximate surface area is 133 Å². The van der Waals surface area contributed by atoms with Crippen molar-refractivity contribution in [1.29, 1.82) is 0 Å². The van der Waals surface area contributed by atoms with Crippen molar-refractivity contribution >= 4 is 33.2 Å². The van der Waals surface area contributed by atoms with Gasteiger partial charge in [0, 0.05) is 15.8 Å². The number of halogens is 1. The quantitative estimate of drug-likeness (QED) is 0.855. The van der Waals surface area contributed by atoms with E-state index in [0.29, 0.717) is 0 Å². The lowest BCUT2D eigenvalue weighted by Gasteiger charge is -2.19. The second kappa shape index (κ2) is 6.76. The number of amides is 1. The SMILES string of the molecule is Cc1cc(Br)cc(C)c1NC(C)C(=O)Nc1ccccc1. The number of benzene rings is 2. The topological polar surface area (TPSA) is 41.1 Å². The van der Waals surface area contributed by atoms with Crippen LogP contribution in [0.2, 0.25) is 0 Å². The molecule has 0 spiro atoms. The van der Waals surface area contributed by atoms with Crippen LogP contribution in [0.3, 0.4) is 0 Å². The first-order valence-corrected chi connectivity index (χ1v) is 7.66. The molecule has 0 fully saturated rings. The fourth-order valence-corrected chi connectivity index (χ4v) is 2.88. The minimum absolute atomic E-state index is 0.0529. The molecular formula is C17H19BrN2O. The molecule has 0 aliphatic heterocycles. The number of hydrogen-bond acceptors (Lipinski definition) is 2. The van der Waals surface area contributed by atoms with Crippen LogP contribution in [0.5, 0.6) is 0 Å². The molecule has 0 aliphatic rings. The summed E-state index contributed by atoms with van der Waals surface area (Å²) in [5.41, 5.74) is 4.04. The molecule has 0 bridgehead atoms. The van der Waals surface area contributed by atoms with Crippen LogP contribution >= 0.6 is 15.9 Å². The Bertz CT molecular complexity index is 617. The van der Waals surface area contributed by atoms with E-state index in [0.717, 1.165) is 27.0 Å². The number of anilines is 2. The summed E-state index contributed by atoms with van der Waals surface area (Å²) in [5, 5.41) is 6.19. The van der Waals surface area contributed by atoms with Crippen molar-refractivity contribution < 1.29 is 4.79 Å². The largest absolute Gasteiger partial charge is 0.373 e. The smallest absolute Gasteiger partial charge is 0.246 e. The number of carbonyl (C=O) groups excluding carboxylic acids is 1. The average molecular weight is 347 g/mol. The molecule has 2 aromatic rings. The molecule has 4 heteroatoms. The third-order valence-electron chi connectivity index (χ3n) is 3.29. The highest BCUT2D eigenvalue weighted by molar-refractivity contribution is 9.10. The lowest BCUT2D eigenvalue weighted by Crippen LogP contribution is -2.32. The molecule has 0 saturated heterocycles. The molecular weight excluding hydrogens is 328 g/mol. The molecule has 0 radical (unpaired) electrons. The number of carbonyl (C=O) groups is 1. The predicted molar refractivity (Wildman–Crippen MR) is 91.8 cm³/mol. The second-order valence-electron chi connectivity index (χ2n) is 5.14. The van der Waals surface area contributed by atoms with Crippen LogP contribution < -0.4 is 10.6 Å². The molecule has 0 aromatic heterocycles. The fraction of sp³-hybridized carbons (Fsp3) is 0.235. The van der Waals surface area contributed by atoms with Gasteiger partial charge in [-0.15, -0.1) is 0 Å². The molecule has 0 saturated carbocycles. The molecule has 21 heavy (non-hydrogen) atoms. The van der Waals surface area contributed by atoms with Gasteiger partial charge >= 0.3 is 0 Å². The number of nitrogens with one attached hydrogen (secondary N) is 2. The molecule has 110 valence electrons. The van der Waals surface area contributed by atoms with Crippen LogP contribution in [0.25, 0.3) is 0 Å². The monoisotopic (exact) mass is 346 g/mol. The summed E-state index contributed by atoms with van der Waals surface area (Å²) in [6.45, 7) is 5.92. The number of para-hydroxylation sites is 1. The van der Waals surface area contributed by atoms with Gasteiger partial charge in [0.25, 0.3) is 0 Å². The van der Waals surface area contributed by atoms with E-state index >= 15 is 0 Å². The van der Waals surface area contributed by atoms with E-state index in [1.165, 1.54) is 0 Å². The number of rotatable bonds is 4. The summed E-state index contributed by atoms with van der Waals surface area (Å²) in [7, 11) is 0. The Hall–Kier alpha value is -1.81. The van der Waals surface area contributed by atoms with Gasteiger partial charge in [0.05, 0.1) is 0 Å². The molecule has 1 amide bonds. The fourth-order valence-electron chi connectivity index (χ4n) is 2.19. The predicted octanol–water partition coefficient (Wildman–Crippen LogP) is 4.51. The van der Waals surface area contributed by atoms with Crippen LogP contribution in [0, 0.1) is 13.8 Å². The zero-order valence-corrected chi connectivity index (χ0v) is 14.0. The van der Waals surface area contributed by atoms with E-state index in [1.54, 1.807) is 0 Å². The van der Waals surface area contributed by atoms with Gasteiger partial charge in [-0.1, -0.05) is 34.1 Å². The van der Waals surface area contributed by atoms with Gasteiger partial charge in [-0.2, -0.15) is 0 Å². The standard InChI is InChI=1S/C17H19BrN2O/c1-11-9-14(18)10-12(2)16(11)19-13(3)17(21)20-15-7-5-4-6-8-15/h4-10,13,19H,1-3H3,(H,20,21). The highest BCUT2D eigenvalue weighted by Crippen LogP contribution is 2.25. The van der Waals surface area contributed by atoms with Gasteiger partial charge in [-0.3, -0.25) is 4.79 Å². The van der Waals surface area contributed by atoms with Gasteiger partial charge in [-0.05, 0) is 56.2 Å². The summed E-state index contributed by atoms with van der Waals surface area (Å²) in [6.07, 6.45) is 0. The Morgan fingerprint density at radius 2 is 1.67 bits per heavy atom. The molecule has 1 unspecified atom stereocenters. The molecule has 0 heterocycles. The molecule has 3 nitrogen and oxygen atoms in total. The average Bonchev–Trinajstić information content (AvgIpc) is 2.43. The zero-order valence-electron chi connectivity index (χ0n) is 12.4. The molecule has 2 N–H and O–H groups in total. The Morgan fingerprint density at radius 1 is 1.10 bits per heavy atom. The highest BCUT2D eigenvalue weighted by Gasteiger charge is 2.15. The maximum absolute atomic E-state index is 12.2. The van der Waals surface area contributed by atoms with Crippen molar-refractivity contribution in [2.24, 2.45) is 0 Å². The maximum Gasteiger partial charge on any atom is 0.246 e. The van der Waals surface area contributed by atoms with Crippen molar-refractivity contribution in [1.82, 2.24) is 0 Å². The van der Waals surface area contributed by atoms with Crippen molar-refractivity contribution in [2.75, 3.05) is 10.6 Å². The molecule has 0 aliphatic carbocycles. The van der Waals surface area contributed by atoms with E-state index in [2.05, 4.69) is 26.6 Å². The summed E-state index contributed by atoms with van der Waals surface area (Å²) in [4.78, 5) is 12.2. The first-order valence-electron chi connectivity index (χ1n) is 6.86. The molecule has 2 rings (SSSR count). The summed E-state index contributed by atoms with van der Waals surface area (Å²) in [5.74, 6) is -0.0529. The third kappa shape index (κ3) is 4.08. The van der Waals surface area contributed by atoms with Crippen molar-refractivity contribution in [3.05, 3.63) is 58.1 Å². The summed E-state index contributed by atoms with van der Waals surface area (Å²) < 4.78 is 1.05. The second-order valence-corrected chi connectivity index (χ2v) is 6.05. The lowest BCUT2D eigenvalue weighted by molar-refractivity contribution is -0.116. The normalized spacial score (nSPS) is 11.8. The summed E-state index contributed by atoms with van der Waals surface area (Å²) >= 11 is 3.48. The Kier molecular flexibility index (Phi) is 5.02. The van der Waals surface area contributed by atoms with Crippen LogP contribution in [-0.2, 0) is 4.79 Å². The van der Waals surface area contributed by atoms with Gasteiger partial charge in [0.15, 0.2) is 0 Å². The Morgan fingerprint density at radius 3 is 2.24 bits per heavy atom. The minimum atomic E-state index is -0.316. The first-order chi connectivity index (χ1) is 9.97. The van der Waals surface area contributed by atoms with Gasteiger partial charge in [0.2, 0.25) is 5.91 Å². The van der Waals surface area contributed by atoms with Crippen molar-refractivity contribution in [2.45, 2.75) is 26.8 Å². The highest BCUT2D eigenvalue weighted by atomic mass is 79.9. The van der Waals surface area contributed by atoms with Gasteiger partial charge < -0.3 is 10.6 Å². The van der Waals surface area contributed by atoms with E-state index in [-0.39, 0.29) is 11.9 Å². The van der Waals surface area contributed by atoms with E-state index in [9.17, 15) is 4.79 Å². The number of aryl methyl sites for hydroxylation is 2. The maximum atomic E-state index is 12.2. The molecule has 1 atom stereocenters. The zero-order chi connectivity index (χ0) is 15.4. The van der Waals surface area contributed by atoms with Crippen LogP contribution in [0.4, 0.5) is 11.4 Å². The van der Waals surface area contributed by atoms with Crippen molar-refractivity contribution in [3.63, 3.8) is 0 Å². The van der Waals surface area contributed by atoms with E-state index in [1.807, 2.05) is 63.2 Å². The number of hydrogen-bond donors (Lipinski definition) is 2. The first kappa shape index (κ1) is 15.6.